The van der Waals surface area contributed by atoms with Gasteiger partial charge in [0.2, 0.25) is 17.7 Å². The summed E-state index contributed by atoms with van der Waals surface area (Å²) in [5, 5.41) is 9.37. The second-order valence-electron chi connectivity index (χ2n) is 11.0. The van der Waals surface area contributed by atoms with Crippen LogP contribution >= 0.6 is 0 Å². The summed E-state index contributed by atoms with van der Waals surface area (Å²) in [5.41, 5.74) is 4.47. The van der Waals surface area contributed by atoms with Gasteiger partial charge in [0, 0.05) is 51.1 Å². The molecule has 0 aromatic heterocycles. The molecule has 2 unspecified atom stereocenters. The van der Waals surface area contributed by atoms with Gasteiger partial charge in [-0.3, -0.25) is 14.4 Å². The second kappa shape index (κ2) is 15.7. The van der Waals surface area contributed by atoms with E-state index in [2.05, 4.69) is 40.2 Å². The van der Waals surface area contributed by atoms with Crippen molar-refractivity contribution in [2.45, 2.75) is 51.1 Å². The van der Waals surface area contributed by atoms with Crippen LogP contribution < -0.4 is 16.0 Å². The van der Waals surface area contributed by atoms with E-state index in [9.17, 15) is 14.4 Å². The molecule has 2 atom stereocenters. The van der Waals surface area contributed by atoms with E-state index in [1.807, 2.05) is 72.5 Å². The van der Waals surface area contributed by atoms with Crippen LogP contribution in [0.5, 0.6) is 0 Å². The molecule has 3 aromatic rings. The van der Waals surface area contributed by atoms with Crippen LogP contribution in [0.15, 0.2) is 91.0 Å². The third kappa shape index (κ3) is 9.42. The Morgan fingerprint density at radius 1 is 0.952 bits per heavy atom. The standard InChI is InChI=1S/C35H42N4O3/c1-26-15-17-28(18-16-26)19-20-34(41)37-24-31-21-23-39(35(42)33(38-31)14-9-22-36-27(2)40)25-32(29-10-5-3-6-11-29)30-12-7-4-8-13-30/h3-8,10-13,15-20,31-33,38H,9,14,21-25H2,1-2H3,(H,36,40)(H,37,41)/b20-19+. The summed E-state index contributed by atoms with van der Waals surface area (Å²) in [5.74, 6) is -0.146. The molecule has 1 fully saturated rings. The Morgan fingerprint density at radius 2 is 1.60 bits per heavy atom. The van der Waals surface area contributed by atoms with E-state index in [1.54, 1.807) is 12.2 Å². The van der Waals surface area contributed by atoms with Gasteiger partial charge in [0.05, 0.1) is 6.04 Å². The van der Waals surface area contributed by atoms with Crippen molar-refractivity contribution in [1.29, 1.82) is 0 Å². The number of nitrogens with zero attached hydrogens (tertiary/aromatic N) is 1. The van der Waals surface area contributed by atoms with Crippen molar-refractivity contribution in [2.24, 2.45) is 0 Å². The van der Waals surface area contributed by atoms with E-state index in [0.29, 0.717) is 45.4 Å². The fourth-order valence-corrected chi connectivity index (χ4v) is 5.33. The van der Waals surface area contributed by atoms with Crippen molar-refractivity contribution in [2.75, 3.05) is 26.2 Å². The largest absolute Gasteiger partial charge is 0.356 e. The van der Waals surface area contributed by atoms with Gasteiger partial charge in [0.1, 0.15) is 0 Å². The molecule has 0 radical (unpaired) electrons. The molecule has 3 N–H and O–H groups in total. The second-order valence-corrected chi connectivity index (χ2v) is 11.0. The average molecular weight is 567 g/mol. The molecule has 0 spiro atoms. The number of carbonyl (C=O) groups excluding carboxylic acids is 3. The predicted molar refractivity (Wildman–Crippen MR) is 168 cm³/mol. The highest BCUT2D eigenvalue weighted by molar-refractivity contribution is 5.91. The van der Waals surface area contributed by atoms with Crippen molar-refractivity contribution in [3.8, 4) is 0 Å². The third-order valence-electron chi connectivity index (χ3n) is 7.67. The van der Waals surface area contributed by atoms with Crippen LogP contribution in [0.3, 0.4) is 0 Å². The molecule has 4 rings (SSSR count). The molecular weight excluding hydrogens is 524 g/mol. The zero-order chi connectivity index (χ0) is 29.7. The summed E-state index contributed by atoms with van der Waals surface area (Å²) < 4.78 is 0. The average Bonchev–Trinajstić information content (AvgIpc) is 3.15. The number of benzene rings is 3. The maximum absolute atomic E-state index is 13.9. The van der Waals surface area contributed by atoms with Crippen molar-refractivity contribution in [1.82, 2.24) is 20.9 Å². The van der Waals surface area contributed by atoms with Crippen LogP contribution in [0.1, 0.15) is 54.4 Å². The molecular formula is C35H42N4O3. The lowest BCUT2D eigenvalue weighted by atomic mass is 9.90. The Kier molecular flexibility index (Phi) is 11.5. The van der Waals surface area contributed by atoms with E-state index >= 15 is 0 Å². The van der Waals surface area contributed by atoms with Crippen LogP contribution in [0.25, 0.3) is 6.08 Å². The monoisotopic (exact) mass is 566 g/mol. The summed E-state index contributed by atoms with van der Waals surface area (Å²) in [6.07, 6.45) is 5.34. The highest BCUT2D eigenvalue weighted by Gasteiger charge is 2.32. The number of nitrogens with one attached hydrogen (secondary N) is 3. The van der Waals surface area contributed by atoms with Crippen LogP contribution in [0, 0.1) is 6.92 Å². The van der Waals surface area contributed by atoms with Gasteiger partial charge in [-0.05, 0) is 49.0 Å². The maximum atomic E-state index is 13.9. The molecule has 0 saturated carbocycles. The minimum absolute atomic E-state index is 0.0412. The molecule has 42 heavy (non-hydrogen) atoms. The molecule has 3 amide bonds. The fourth-order valence-electron chi connectivity index (χ4n) is 5.33. The zero-order valence-electron chi connectivity index (χ0n) is 24.6. The van der Waals surface area contributed by atoms with Crippen molar-refractivity contribution in [3.05, 3.63) is 113 Å². The topological polar surface area (TPSA) is 90.5 Å². The Labute approximate surface area is 249 Å². The number of carbonyl (C=O) groups is 3. The van der Waals surface area contributed by atoms with Crippen molar-refractivity contribution in [3.63, 3.8) is 0 Å². The van der Waals surface area contributed by atoms with Crippen LogP contribution in [0.2, 0.25) is 0 Å². The lowest BCUT2D eigenvalue weighted by molar-refractivity contribution is -0.133. The number of amides is 3. The Morgan fingerprint density at radius 3 is 2.21 bits per heavy atom. The van der Waals surface area contributed by atoms with Gasteiger partial charge in [0.25, 0.3) is 0 Å². The molecule has 0 aliphatic carbocycles. The smallest absolute Gasteiger partial charge is 0.244 e. The highest BCUT2D eigenvalue weighted by Crippen LogP contribution is 2.27. The lowest BCUT2D eigenvalue weighted by Crippen LogP contribution is -2.49. The van der Waals surface area contributed by atoms with Crippen LogP contribution in [0.4, 0.5) is 0 Å². The minimum Gasteiger partial charge on any atom is -0.356 e. The van der Waals surface area contributed by atoms with E-state index in [0.717, 1.165) is 5.56 Å². The van der Waals surface area contributed by atoms with Gasteiger partial charge in [0.15, 0.2) is 0 Å². The van der Waals surface area contributed by atoms with E-state index in [-0.39, 0.29) is 29.7 Å². The number of hydrogen-bond acceptors (Lipinski definition) is 4. The first-order chi connectivity index (χ1) is 20.4. The molecule has 1 aliphatic heterocycles. The molecule has 1 aliphatic rings. The summed E-state index contributed by atoms with van der Waals surface area (Å²) in [4.78, 5) is 39.9. The summed E-state index contributed by atoms with van der Waals surface area (Å²) in [6.45, 7) is 5.61. The molecule has 0 bridgehead atoms. The van der Waals surface area contributed by atoms with Gasteiger partial charge in [-0.25, -0.2) is 0 Å². The molecule has 1 heterocycles. The van der Waals surface area contributed by atoms with Crippen molar-refractivity contribution < 1.29 is 14.4 Å². The van der Waals surface area contributed by atoms with Crippen LogP contribution in [-0.2, 0) is 14.4 Å². The number of aryl methyl sites for hydroxylation is 1. The van der Waals surface area contributed by atoms with Gasteiger partial charge in [-0.1, -0.05) is 90.5 Å². The molecule has 7 heteroatoms. The van der Waals surface area contributed by atoms with Gasteiger partial charge >= 0.3 is 0 Å². The maximum Gasteiger partial charge on any atom is 0.244 e. The summed E-state index contributed by atoms with van der Waals surface area (Å²) in [6, 6.07) is 28.2. The SMILES string of the molecule is CC(=O)NCCCC1NC(CNC(=O)/C=C/c2ccc(C)cc2)CCN(CC(c2ccccc2)c2ccccc2)C1=O. The van der Waals surface area contributed by atoms with Crippen molar-refractivity contribution >= 4 is 23.8 Å². The first kappa shape index (κ1) is 30.7. The van der Waals surface area contributed by atoms with E-state index in [1.165, 1.54) is 23.6 Å². The van der Waals surface area contributed by atoms with Gasteiger partial charge in [-0.2, -0.15) is 0 Å². The van der Waals surface area contributed by atoms with E-state index in [4.69, 9.17) is 0 Å². The molecule has 220 valence electrons. The summed E-state index contributed by atoms with van der Waals surface area (Å²) >= 11 is 0. The normalized spacial score (nSPS) is 17.3. The van der Waals surface area contributed by atoms with Crippen LogP contribution in [-0.4, -0.2) is 60.9 Å². The quantitative estimate of drug-likeness (QED) is 0.224. The number of rotatable bonds is 12. The highest BCUT2D eigenvalue weighted by atomic mass is 16.2. The third-order valence-corrected chi connectivity index (χ3v) is 7.67. The first-order valence-corrected chi connectivity index (χ1v) is 14.8. The molecule has 7 nitrogen and oxygen atoms in total. The Bertz CT molecular complexity index is 1290. The Hall–Kier alpha value is -4.23. The minimum atomic E-state index is -0.404. The summed E-state index contributed by atoms with van der Waals surface area (Å²) in [7, 11) is 0. The Balaban J connectivity index is 1.45. The fraction of sp³-hybridized carbons (Fsp3) is 0.343. The van der Waals surface area contributed by atoms with Gasteiger partial charge in [-0.15, -0.1) is 0 Å². The molecule has 3 aromatic carbocycles. The first-order valence-electron chi connectivity index (χ1n) is 14.8. The predicted octanol–water partition coefficient (Wildman–Crippen LogP) is 4.43. The zero-order valence-corrected chi connectivity index (χ0v) is 24.6. The van der Waals surface area contributed by atoms with Gasteiger partial charge < -0.3 is 20.9 Å². The molecule has 1 saturated heterocycles. The lowest BCUT2D eigenvalue weighted by Gasteiger charge is -2.29. The number of hydrogen-bond donors (Lipinski definition) is 3. The van der Waals surface area contributed by atoms with E-state index < -0.39 is 6.04 Å².